The van der Waals surface area contributed by atoms with Crippen LogP contribution in [0.3, 0.4) is 0 Å². The number of hydrogen-bond acceptors (Lipinski definition) is 6. The standard InChI is InChI=1S/C31H34ClN5O3/c1-21-8-9-22(2)28(18-21)40-20-29(38)36(25-6-4-5-7-25)16-17-37-31(24-10-11-27(39-3)26(32)19-24)34-30(35-37)23-12-14-33-15-13-23/h8-15,18-19,25H,4-7,16-17,20H2,1-3H3. The molecule has 5 rings (SSSR count). The number of carbonyl (C=O) groups is 1. The number of benzene rings is 2. The quantitative estimate of drug-likeness (QED) is 0.232. The van der Waals surface area contributed by atoms with Gasteiger partial charge in [0, 0.05) is 36.1 Å². The molecule has 0 radical (unpaired) electrons. The Hall–Kier alpha value is -3.91. The molecular formula is C31H34ClN5O3. The van der Waals surface area contributed by atoms with Crippen LogP contribution in [-0.4, -0.2) is 56.9 Å². The summed E-state index contributed by atoms with van der Waals surface area (Å²) in [5.41, 5.74) is 3.79. The fourth-order valence-corrected chi connectivity index (χ4v) is 5.41. The Kier molecular flexibility index (Phi) is 8.65. The predicted octanol–water partition coefficient (Wildman–Crippen LogP) is 6.14. The van der Waals surface area contributed by atoms with Gasteiger partial charge in [0.1, 0.15) is 11.5 Å². The van der Waals surface area contributed by atoms with Gasteiger partial charge >= 0.3 is 0 Å². The van der Waals surface area contributed by atoms with E-state index in [4.69, 9.17) is 31.2 Å². The zero-order valence-corrected chi connectivity index (χ0v) is 23.9. The van der Waals surface area contributed by atoms with Crippen LogP contribution in [0.5, 0.6) is 11.5 Å². The molecule has 1 fully saturated rings. The highest BCUT2D eigenvalue weighted by molar-refractivity contribution is 6.32. The van der Waals surface area contributed by atoms with Crippen molar-refractivity contribution in [1.82, 2.24) is 24.6 Å². The fourth-order valence-electron chi connectivity index (χ4n) is 5.15. The van der Waals surface area contributed by atoms with E-state index in [0.29, 0.717) is 35.5 Å². The molecule has 0 N–H and O–H groups in total. The van der Waals surface area contributed by atoms with E-state index >= 15 is 0 Å². The van der Waals surface area contributed by atoms with Crippen molar-refractivity contribution >= 4 is 17.5 Å². The zero-order valence-electron chi connectivity index (χ0n) is 23.1. The molecule has 0 saturated heterocycles. The summed E-state index contributed by atoms with van der Waals surface area (Å²) in [6.45, 7) is 4.98. The lowest BCUT2D eigenvalue weighted by atomic mass is 10.1. The number of methoxy groups -OCH3 is 1. The lowest BCUT2D eigenvalue weighted by molar-refractivity contribution is -0.135. The van der Waals surface area contributed by atoms with Crippen LogP contribution in [-0.2, 0) is 11.3 Å². The van der Waals surface area contributed by atoms with E-state index in [9.17, 15) is 4.79 Å². The van der Waals surface area contributed by atoms with Crippen LogP contribution in [0.4, 0.5) is 0 Å². The number of amides is 1. The number of halogens is 1. The molecule has 0 unspecified atom stereocenters. The van der Waals surface area contributed by atoms with Gasteiger partial charge in [-0.25, -0.2) is 9.67 Å². The Labute approximate surface area is 239 Å². The summed E-state index contributed by atoms with van der Waals surface area (Å²) >= 11 is 6.46. The first-order valence-corrected chi connectivity index (χ1v) is 14.0. The number of rotatable bonds is 10. The number of nitrogens with zero attached hydrogens (tertiary/aromatic N) is 5. The molecule has 208 valence electrons. The van der Waals surface area contributed by atoms with Crippen LogP contribution >= 0.6 is 11.6 Å². The first-order chi connectivity index (χ1) is 19.4. The molecule has 0 spiro atoms. The normalized spacial score (nSPS) is 13.4. The van der Waals surface area contributed by atoms with Crippen molar-refractivity contribution < 1.29 is 14.3 Å². The van der Waals surface area contributed by atoms with E-state index in [-0.39, 0.29) is 18.6 Å². The number of aromatic nitrogens is 4. The van der Waals surface area contributed by atoms with Gasteiger partial charge in [-0.05, 0) is 74.2 Å². The van der Waals surface area contributed by atoms with Crippen LogP contribution in [0.2, 0.25) is 5.02 Å². The van der Waals surface area contributed by atoms with Gasteiger partial charge in [-0.3, -0.25) is 9.78 Å². The van der Waals surface area contributed by atoms with E-state index in [1.807, 2.05) is 72.0 Å². The Bertz CT molecular complexity index is 1470. The number of carbonyl (C=O) groups excluding carboxylic acids is 1. The maximum absolute atomic E-state index is 13.5. The largest absolute Gasteiger partial charge is 0.495 e. The van der Waals surface area contributed by atoms with Gasteiger partial charge in [-0.1, -0.05) is 36.6 Å². The number of hydrogen-bond donors (Lipinski definition) is 0. The zero-order chi connectivity index (χ0) is 28.1. The Morgan fingerprint density at radius 2 is 1.80 bits per heavy atom. The smallest absolute Gasteiger partial charge is 0.260 e. The second-order valence-electron chi connectivity index (χ2n) is 10.2. The molecule has 40 heavy (non-hydrogen) atoms. The van der Waals surface area contributed by atoms with Gasteiger partial charge in [0.2, 0.25) is 0 Å². The van der Waals surface area contributed by atoms with Crippen LogP contribution in [0.15, 0.2) is 60.9 Å². The lowest BCUT2D eigenvalue weighted by Crippen LogP contribution is -2.43. The van der Waals surface area contributed by atoms with Crippen LogP contribution < -0.4 is 9.47 Å². The summed E-state index contributed by atoms with van der Waals surface area (Å²) < 4.78 is 13.2. The monoisotopic (exact) mass is 559 g/mol. The molecule has 1 aliphatic rings. The van der Waals surface area contributed by atoms with Crippen molar-refractivity contribution in [3.05, 3.63) is 77.1 Å². The van der Waals surface area contributed by atoms with Gasteiger partial charge in [0.15, 0.2) is 18.3 Å². The minimum absolute atomic E-state index is 0.00135. The number of aryl methyl sites for hydroxylation is 2. The highest BCUT2D eigenvalue weighted by Crippen LogP contribution is 2.31. The van der Waals surface area contributed by atoms with Gasteiger partial charge in [-0.15, -0.1) is 0 Å². The highest BCUT2D eigenvalue weighted by atomic mass is 35.5. The van der Waals surface area contributed by atoms with Crippen LogP contribution in [0, 0.1) is 13.8 Å². The van der Waals surface area contributed by atoms with Crippen LogP contribution in [0.1, 0.15) is 36.8 Å². The minimum atomic E-state index is -0.0173. The lowest BCUT2D eigenvalue weighted by Gasteiger charge is -2.29. The third-order valence-electron chi connectivity index (χ3n) is 7.35. The van der Waals surface area contributed by atoms with Gasteiger partial charge in [0.25, 0.3) is 5.91 Å². The summed E-state index contributed by atoms with van der Waals surface area (Å²) in [4.78, 5) is 24.5. The number of pyridine rings is 1. The highest BCUT2D eigenvalue weighted by Gasteiger charge is 2.27. The number of ether oxygens (including phenoxy) is 2. The molecule has 2 aromatic carbocycles. The molecule has 0 atom stereocenters. The molecule has 2 aromatic heterocycles. The second kappa shape index (κ2) is 12.5. The molecule has 8 nitrogen and oxygen atoms in total. The van der Waals surface area contributed by atoms with Gasteiger partial charge in [0.05, 0.1) is 18.7 Å². The topological polar surface area (TPSA) is 82.4 Å². The maximum Gasteiger partial charge on any atom is 0.260 e. The summed E-state index contributed by atoms with van der Waals surface area (Å²) in [5, 5.41) is 5.33. The summed E-state index contributed by atoms with van der Waals surface area (Å²) in [5.74, 6) is 2.57. The van der Waals surface area contributed by atoms with Gasteiger partial charge < -0.3 is 14.4 Å². The van der Waals surface area contributed by atoms with Crippen molar-refractivity contribution in [3.8, 4) is 34.3 Å². The third kappa shape index (κ3) is 6.28. The van der Waals surface area contributed by atoms with Crippen molar-refractivity contribution in [2.75, 3.05) is 20.3 Å². The van der Waals surface area contributed by atoms with Crippen LogP contribution in [0.25, 0.3) is 22.8 Å². The minimum Gasteiger partial charge on any atom is -0.495 e. The molecular weight excluding hydrogens is 526 g/mol. The molecule has 0 bridgehead atoms. The molecule has 1 saturated carbocycles. The van der Waals surface area contributed by atoms with E-state index in [1.165, 1.54) is 0 Å². The molecule has 1 aliphatic carbocycles. The van der Waals surface area contributed by atoms with Crippen molar-refractivity contribution in [2.24, 2.45) is 0 Å². The van der Waals surface area contributed by atoms with E-state index in [0.717, 1.165) is 53.7 Å². The first-order valence-electron chi connectivity index (χ1n) is 13.6. The predicted molar refractivity (Wildman–Crippen MR) is 156 cm³/mol. The van der Waals surface area contributed by atoms with E-state index < -0.39 is 0 Å². The first kappa shape index (κ1) is 27.6. The van der Waals surface area contributed by atoms with Crippen molar-refractivity contribution in [2.45, 2.75) is 52.1 Å². The van der Waals surface area contributed by atoms with E-state index in [1.54, 1.807) is 19.5 Å². The van der Waals surface area contributed by atoms with Gasteiger partial charge in [-0.2, -0.15) is 5.10 Å². The van der Waals surface area contributed by atoms with Crippen molar-refractivity contribution in [1.29, 1.82) is 0 Å². The van der Waals surface area contributed by atoms with Crippen molar-refractivity contribution in [3.63, 3.8) is 0 Å². The maximum atomic E-state index is 13.5. The molecule has 4 aromatic rings. The summed E-state index contributed by atoms with van der Waals surface area (Å²) in [7, 11) is 1.59. The molecule has 2 heterocycles. The SMILES string of the molecule is COc1ccc(-c2nc(-c3ccncc3)nn2CCN(C(=O)COc2cc(C)ccc2C)C2CCCC2)cc1Cl. The Balaban J connectivity index is 1.40. The average molecular weight is 560 g/mol. The summed E-state index contributed by atoms with van der Waals surface area (Å²) in [6.07, 6.45) is 7.67. The Morgan fingerprint density at radius 1 is 1.02 bits per heavy atom. The average Bonchev–Trinajstić information content (AvgIpc) is 3.65. The molecule has 1 amide bonds. The second-order valence-corrected chi connectivity index (χ2v) is 10.6. The Morgan fingerprint density at radius 3 is 2.52 bits per heavy atom. The third-order valence-corrected chi connectivity index (χ3v) is 7.65. The van der Waals surface area contributed by atoms with E-state index in [2.05, 4.69) is 4.98 Å². The molecule has 0 aliphatic heterocycles. The molecule has 9 heteroatoms. The summed E-state index contributed by atoms with van der Waals surface area (Å²) in [6, 6.07) is 15.5. The fraction of sp³-hybridized carbons (Fsp3) is 0.355.